The monoisotopic (exact) mass is 318 g/mol. The van der Waals surface area contributed by atoms with Crippen molar-refractivity contribution in [3.8, 4) is 0 Å². The Labute approximate surface area is 138 Å². The average molecular weight is 318 g/mol. The Morgan fingerprint density at radius 1 is 1.22 bits per heavy atom. The van der Waals surface area contributed by atoms with Crippen LogP contribution in [-0.2, 0) is 25.7 Å². The van der Waals surface area contributed by atoms with Gasteiger partial charge in [0.25, 0.3) is 0 Å². The summed E-state index contributed by atoms with van der Waals surface area (Å²) in [6.45, 7) is 5.57. The van der Waals surface area contributed by atoms with E-state index in [2.05, 4.69) is 0 Å². The van der Waals surface area contributed by atoms with E-state index in [9.17, 15) is 9.59 Å². The first-order chi connectivity index (χ1) is 10.9. The fraction of sp³-hybridized carbons (Fsp3) is 0.579. The Bertz CT molecular complexity index is 536. The normalized spacial score (nSPS) is 21.7. The summed E-state index contributed by atoms with van der Waals surface area (Å²) >= 11 is 0. The van der Waals surface area contributed by atoms with Crippen LogP contribution in [0.1, 0.15) is 52.0 Å². The Morgan fingerprint density at radius 3 is 2.57 bits per heavy atom. The predicted molar refractivity (Wildman–Crippen MR) is 87.8 cm³/mol. The summed E-state index contributed by atoms with van der Waals surface area (Å²) in [7, 11) is 0. The van der Waals surface area contributed by atoms with E-state index in [1.165, 1.54) is 0 Å². The molecule has 2 atom stereocenters. The first-order valence-electron chi connectivity index (χ1n) is 8.25. The molecule has 0 aromatic heterocycles. The van der Waals surface area contributed by atoms with Crippen LogP contribution in [-0.4, -0.2) is 24.0 Å². The van der Waals surface area contributed by atoms with Crippen molar-refractivity contribution in [3.63, 3.8) is 0 Å². The molecule has 0 spiro atoms. The number of hydrogen-bond acceptors (Lipinski definition) is 4. The molecule has 1 aromatic carbocycles. The largest absolute Gasteiger partial charge is 0.460 e. The highest BCUT2D eigenvalue weighted by Crippen LogP contribution is 2.34. The number of hydrogen-bond donors (Lipinski definition) is 0. The van der Waals surface area contributed by atoms with Crippen LogP contribution in [0.15, 0.2) is 30.3 Å². The lowest BCUT2D eigenvalue weighted by Crippen LogP contribution is -2.44. The maximum atomic E-state index is 12.5. The lowest BCUT2D eigenvalue weighted by Gasteiger charge is -2.38. The molecule has 0 amide bonds. The zero-order chi connectivity index (χ0) is 16.9. The maximum absolute atomic E-state index is 12.5. The summed E-state index contributed by atoms with van der Waals surface area (Å²) in [4.78, 5) is 23.8. The average Bonchev–Trinajstić information content (AvgIpc) is 2.53. The number of ether oxygens (including phenoxy) is 2. The first-order valence-corrected chi connectivity index (χ1v) is 8.25. The van der Waals surface area contributed by atoms with Crippen molar-refractivity contribution in [2.75, 3.05) is 0 Å². The molecule has 23 heavy (non-hydrogen) atoms. The fourth-order valence-electron chi connectivity index (χ4n) is 2.94. The van der Waals surface area contributed by atoms with Crippen molar-refractivity contribution in [2.45, 2.75) is 65.3 Å². The molecule has 0 saturated carbocycles. The van der Waals surface area contributed by atoms with Crippen LogP contribution in [0.4, 0.5) is 0 Å². The van der Waals surface area contributed by atoms with Gasteiger partial charge in [-0.3, -0.25) is 9.59 Å². The predicted octanol–water partition coefficient (Wildman–Crippen LogP) is 3.67. The first kappa shape index (κ1) is 17.7. The molecule has 0 unspecified atom stereocenters. The van der Waals surface area contributed by atoms with Crippen LogP contribution in [0, 0.1) is 5.41 Å². The summed E-state index contributed by atoms with van der Waals surface area (Å²) in [5, 5.41) is 0. The lowest BCUT2D eigenvalue weighted by atomic mass is 9.81. The highest BCUT2D eigenvalue weighted by atomic mass is 16.5. The number of carbonyl (C=O) groups is 2. The van der Waals surface area contributed by atoms with Crippen LogP contribution in [0.5, 0.6) is 0 Å². The smallest absolute Gasteiger partial charge is 0.314 e. The highest BCUT2D eigenvalue weighted by molar-refractivity contribution is 5.77. The minimum Gasteiger partial charge on any atom is -0.460 e. The van der Waals surface area contributed by atoms with Crippen LogP contribution < -0.4 is 0 Å². The van der Waals surface area contributed by atoms with E-state index >= 15 is 0 Å². The van der Waals surface area contributed by atoms with Crippen LogP contribution in [0.2, 0.25) is 0 Å². The molecule has 4 nitrogen and oxygen atoms in total. The molecule has 1 aliphatic rings. The summed E-state index contributed by atoms with van der Waals surface area (Å²) < 4.78 is 11.5. The summed E-state index contributed by atoms with van der Waals surface area (Å²) in [6, 6.07) is 9.64. The van der Waals surface area contributed by atoms with Gasteiger partial charge in [0.1, 0.15) is 12.4 Å². The molecule has 0 N–H and O–H groups in total. The van der Waals surface area contributed by atoms with Gasteiger partial charge in [-0.05, 0) is 45.6 Å². The fourth-order valence-corrected chi connectivity index (χ4v) is 2.94. The van der Waals surface area contributed by atoms with Gasteiger partial charge in [0.15, 0.2) is 0 Å². The van der Waals surface area contributed by atoms with Crippen LogP contribution in [0.3, 0.4) is 0 Å². The molecule has 1 fully saturated rings. The van der Waals surface area contributed by atoms with Crippen molar-refractivity contribution >= 4 is 11.8 Å². The van der Waals surface area contributed by atoms with E-state index in [1.807, 2.05) is 44.2 Å². The van der Waals surface area contributed by atoms with E-state index in [0.29, 0.717) is 6.42 Å². The minimum absolute atomic E-state index is 0.0764. The second-order valence-electron chi connectivity index (χ2n) is 6.87. The number of Topliss-reactive ketones (excluding diaryl/α,β-unsaturated/α-hetero) is 1. The SMILES string of the molecule is CC(=O)C[C@@H]1CCC[C@H](C(C)(C)C(=O)OCc2ccccc2)O1. The molecule has 0 aliphatic carbocycles. The third-order valence-electron chi connectivity index (χ3n) is 4.41. The Kier molecular flexibility index (Phi) is 5.94. The number of esters is 1. The van der Waals surface area contributed by atoms with Crippen LogP contribution in [0.25, 0.3) is 0 Å². The van der Waals surface area contributed by atoms with Gasteiger partial charge in [0, 0.05) is 6.42 Å². The van der Waals surface area contributed by atoms with E-state index < -0.39 is 5.41 Å². The number of carbonyl (C=O) groups excluding carboxylic acids is 2. The van der Waals surface area contributed by atoms with Crippen molar-refractivity contribution in [1.29, 1.82) is 0 Å². The minimum atomic E-state index is -0.718. The Balaban J connectivity index is 1.93. The van der Waals surface area contributed by atoms with Gasteiger partial charge >= 0.3 is 5.97 Å². The topological polar surface area (TPSA) is 52.6 Å². The zero-order valence-corrected chi connectivity index (χ0v) is 14.2. The van der Waals surface area contributed by atoms with E-state index in [-0.39, 0.29) is 30.6 Å². The van der Waals surface area contributed by atoms with Crippen molar-refractivity contribution < 1.29 is 19.1 Å². The molecule has 1 aliphatic heterocycles. The van der Waals surface area contributed by atoms with Gasteiger partial charge in [-0.1, -0.05) is 30.3 Å². The summed E-state index contributed by atoms with van der Waals surface area (Å²) in [5.41, 5.74) is 0.250. The van der Waals surface area contributed by atoms with Gasteiger partial charge < -0.3 is 9.47 Å². The van der Waals surface area contributed by atoms with Crippen molar-refractivity contribution in [2.24, 2.45) is 5.41 Å². The number of benzene rings is 1. The van der Waals surface area contributed by atoms with Gasteiger partial charge in [-0.2, -0.15) is 0 Å². The molecule has 2 rings (SSSR count). The molecular weight excluding hydrogens is 292 g/mol. The van der Waals surface area contributed by atoms with Gasteiger partial charge in [-0.15, -0.1) is 0 Å². The van der Waals surface area contributed by atoms with Crippen molar-refractivity contribution in [3.05, 3.63) is 35.9 Å². The quantitative estimate of drug-likeness (QED) is 0.751. The Morgan fingerprint density at radius 2 is 1.91 bits per heavy atom. The molecule has 1 saturated heterocycles. The number of rotatable bonds is 6. The van der Waals surface area contributed by atoms with Crippen LogP contribution >= 0.6 is 0 Å². The molecule has 1 aromatic rings. The number of ketones is 1. The summed E-state index contributed by atoms with van der Waals surface area (Å²) in [6.07, 6.45) is 2.81. The van der Waals surface area contributed by atoms with E-state index in [0.717, 1.165) is 24.8 Å². The third-order valence-corrected chi connectivity index (χ3v) is 4.41. The molecular formula is C19H26O4. The van der Waals surface area contributed by atoms with Gasteiger partial charge in [-0.25, -0.2) is 0 Å². The lowest BCUT2D eigenvalue weighted by molar-refractivity contribution is -0.173. The van der Waals surface area contributed by atoms with Gasteiger partial charge in [0.05, 0.1) is 17.6 Å². The molecule has 4 heteroatoms. The maximum Gasteiger partial charge on any atom is 0.314 e. The van der Waals surface area contributed by atoms with E-state index in [4.69, 9.17) is 9.47 Å². The summed E-state index contributed by atoms with van der Waals surface area (Å²) in [5.74, 6) is -0.130. The molecule has 0 radical (unpaired) electrons. The molecule has 0 bridgehead atoms. The second-order valence-corrected chi connectivity index (χ2v) is 6.87. The second kappa shape index (κ2) is 7.73. The highest BCUT2D eigenvalue weighted by Gasteiger charge is 2.42. The molecule has 126 valence electrons. The Hall–Kier alpha value is -1.68. The zero-order valence-electron chi connectivity index (χ0n) is 14.2. The van der Waals surface area contributed by atoms with E-state index in [1.54, 1.807) is 6.92 Å². The third kappa shape index (κ3) is 4.90. The van der Waals surface area contributed by atoms with Crippen molar-refractivity contribution in [1.82, 2.24) is 0 Å². The standard InChI is InChI=1S/C19H26O4/c1-14(20)12-16-10-7-11-17(23-16)19(2,3)18(21)22-13-15-8-5-4-6-9-15/h4-6,8-9,16-17H,7,10-13H2,1-3H3/t16-,17+/m0/s1. The molecule has 1 heterocycles. The van der Waals surface area contributed by atoms with Gasteiger partial charge in [0.2, 0.25) is 0 Å².